The van der Waals surface area contributed by atoms with Crippen molar-refractivity contribution in [3.8, 4) is 0 Å². The van der Waals surface area contributed by atoms with Crippen LogP contribution in [0.4, 0.5) is 0 Å². The minimum absolute atomic E-state index is 0. The molecule has 0 unspecified atom stereocenters. The molecule has 6 heavy (non-hydrogen) atoms. The first-order valence-electron chi connectivity index (χ1n) is 1.21. The van der Waals surface area contributed by atoms with Gasteiger partial charge in [-0.1, -0.05) is 0 Å². The van der Waals surface area contributed by atoms with Crippen molar-refractivity contribution in [1.82, 2.24) is 8.75 Å². The predicted molar refractivity (Wildman–Crippen MR) is 27.2 cm³/mol. The average Bonchev–Trinajstić information content (AvgIpc) is 1.76. The molecule has 0 bridgehead atoms. The first-order chi connectivity index (χ1) is 2.50. The molecular formula is C2H3ClN2S. The van der Waals surface area contributed by atoms with Gasteiger partial charge in [-0.2, -0.15) is 8.75 Å². The van der Waals surface area contributed by atoms with Crippen LogP contribution in [0.25, 0.3) is 0 Å². The van der Waals surface area contributed by atoms with Crippen LogP contribution in [-0.2, 0) is 0 Å². The van der Waals surface area contributed by atoms with Gasteiger partial charge in [0, 0.05) is 0 Å². The zero-order valence-corrected chi connectivity index (χ0v) is 4.50. The SMILES string of the molecule is Cl.c1cnsn1. The van der Waals surface area contributed by atoms with Crippen molar-refractivity contribution in [2.24, 2.45) is 0 Å². The fraction of sp³-hybridized carbons (Fsp3) is 0. The molecule has 1 aromatic rings. The van der Waals surface area contributed by atoms with E-state index in [0.717, 1.165) is 0 Å². The predicted octanol–water partition coefficient (Wildman–Crippen LogP) is 0.960. The first kappa shape index (κ1) is 5.85. The van der Waals surface area contributed by atoms with Crippen molar-refractivity contribution in [2.45, 2.75) is 0 Å². The molecule has 2 nitrogen and oxygen atoms in total. The van der Waals surface area contributed by atoms with Crippen molar-refractivity contribution in [1.29, 1.82) is 0 Å². The number of rotatable bonds is 0. The van der Waals surface area contributed by atoms with E-state index in [4.69, 9.17) is 0 Å². The Hall–Kier alpha value is -0.150. The summed E-state index contributed by atoms with van der Waals surface area (Å²) in [4.78, 5) is 0. The molecule has 0 aliphatic heterocycles. The van der Waals surface area contributed by atoms with Crippen LogP contribution in [0.1, 0.15) is 0 Å². The molecule has 0 saturated carbocycles. The van der Waals surface area contributed by atoms with Crippen molar-refractivity contribution in [3.63, 3.8) is 0 Å². The minimum atomic E-state index is 0. The van der Waals surface area contributed by atoms with Crippen molar-refractivity contribution in [2.75, 3.05) is 0 Å². The molecule has 34 valence electrons. The van der Waals surface area contributed by atoms with Crippen molar-refractivity contribution >= 4 is 24.1 Å². The standard InChI is InChI=1S/C2H2N2S.ClH/c1-2-4-5-3-1;/h1-2H;1H. The molecule has 0 N–H and O–H groups in total. The molecule has 0 aromatic carbocycles. The van der Waals surface area contributed by atoms with E-state index in [2.05, 4.69) is 8.75 Å². The molecule has 0 saturated heterocycles. The summed E-state index contributed by atoms with van der Waals surface area (Å²) >= 11 is 1.21. The Kier molecular flexibility index (Phi) is 2.98. The van der Waals surface area contributed by atoms with Crippen LogP contribution < -0.4 is 0 Å². The van der Waals surface area contributed by atoms with E-state index in [-0.39, 0.29) is 12.4 Å². The second kappa shape index (κ2) is 3.06. The molecule has 1 rings (SSSR count). The van der Waals surface area contributed by atoms with Gasteiger partial charge in [0.05, 0.1) is 24.1 Å². The summed E-state index contributed by atoms with van der Waals surface area (Å²) in [5, 5.41) is 0. The lowest BCUT2D eigenvalue weighted by Gasteiger charge is -1.39. The molecule has 0 amide bonds. The van der Waals surface area contributed by atoms with Crippen molar-refractivity contribution < 1.29 is 0 Å². The third kappa shape index (κ3) is 1.33. The summed E-state index contributed by atoms with van der Waals surface area (Å²) in [6.07, 6.45) is 3.31. The van der Waals surface area contributed by atoms with Crippen molar-refractivity contribution in [3.05, 3.63) is 12.4 Å². The maximum absolute atomic E-state index is 3.65. The maximum Gasteiger partial charge on any atom is 0.0679 e. The van der Waals surface area contributed by atoms with Gasteiger partial charge in [0.1, 0.15) is 0 Å². The number of hydrogen-bond donors (Lipinski definition) is 0. The summed E-state index contributed by atoms with van der Waals surface area (Å²) in [7, 11) is 0. The van der Waals surface area contributed by atoms with Gasteiger partial charge < -0.3 is 0 Å². The summed E-state index contributed by atoms with van der Waals surface area (Å²) in [6, 6.07) is 0. The van der Waals surface area contributed by atoms with Gasteiger partial charge in [0.25, 0.3) is 0 Å². The Labute approximate surface area is 45.9 Å². The van der Waals surface area contributed by atoms with E-state index in [1.807, 2.05) is 0 Å². The molecule has 0 aliphatic rings. The Balaban J connectivity index is 0.000000250. The number of aromatic nitrogens is 2. The third-order valence-corrected chi connectivity index (χ3v) is 0.715. The molecule has 0 aliphatic carbocycles. The quantitative estimate of drug-likeness (QED) is 0.512. The summed E-state index contributed by atoms with van der Waals surface area (Å²) in [5.41, 5.74) is 0. The summed E-state index contributed by atoms with van der Waals surface area (Å²) < 4.78 is 7.31. The van der Waals surface area contributed by atoms with E-state index in [9.17, 15) is 0 Å². The number of hydrogen-bond acceptors (Lipinski definition) is 3. The van der Waals surface area contributed by atoms with Gasteiger partial charge >= 0.3 is 0 Å². The van der Waals surface area contributed by atoms with Crippen LogP contribution in [0.3, 0.4) is 0 Å². The zero-order chi connectivity index (χ0) is 3.54. The van der Waals surface area contributed by atoms with E-state index in [1.54, 1.807) is 12.4 Å². The van der Waals surface area contributed by atoms with Crippen LogP contribution in [0.5, 0.6) is 0 Å². The topological polar surface area (TPSA) is 25.8 Å². The van der Waals surface area contributed by atoms with E-state index in [1.165, 1.54) is 11.7 Å². The van der Waals surface area contributed by atoms with Gasteiger partial charge in [-0.15, -0.1) is 12.4 Å². The molecule has 1 aromatic heterocycles. The summed E-state index contributed by atoms with van der Waals surface area (Å²) in [5.74, 6) is 0. The highest BCUT2D eigenvalue weighted by Gasteiger charge is 1.61. The van der Waals surface area contributed by atoms with Crippen LogP contribution >= 0.6 is 24.1 Å². The lowest BCUT2D eigenvalue weighted by Crippen LogP contribution is -1.32. The molecule has 0 radical (unpaired) electrons. The Morgan fingerprint density at radius 3 is 1.83 bits per heavy atom. The molecular weight excluding hydrogens is 120 g/mol. The maximum atomic E-state index is 3.65. The largest absolute Gasteiger partial charge is 0.182 e. The van der Waals surface area contributed by atoms with E-state index in [0.29, 0.717) is 0 Å². The second-order valence-corrected chi connectivity index (χ2v) is 1.18. The zero-order valence-electron chi connectivity index (χ0n) is 2.87. The Bertz CT molecular complexity index is 68.0. The van der Waals surface area contributed by atoms with Gasteiger partial charge in [-0.3, -0.25) is 0 Å². The molecule has 0 fully saturated rings. The lowest BCUT2D eigenvalue weighted by atomic mass is 11.0. The van der Waals surface area contributed by atoms with E-state index >= 15 is 0 Å². The smallest absolute Gasteiger partial charge is 0.0679 e. The third-order valence-electron chi connectivity index (χ3n) is 0.283. The van der Waals surface area contributed by atoms with Crippen LogP contribution in [0.15, 0.2) is 12.4 Å². The fourth-order valence-electron chi connectivity index (χ4n) is 0.136. The van der Waals surface area contributed by atoms with E-state index < -0.39 is 0 Å². The normalized spacial score (nSPS) is 6.67. The first-order valence-corrected chi connectivity index (χ1v) is 1.95. The average molecular weight is 123 g/mol. The molecule has 1 heterocycles. The van der Waals surface area contributed by atoms with Gasteiger partial charge in [-0.05, 0) is 0 Å². The highest BCUT2D eigenvalue weighted by molar-refractivity contribution is 6.98. The Morgan fingerprint density at radius 1 is 1.17 bits per heavy atom. The van der Waals surface area contributed by atoms with Gasteiger partial charge in [0.15, 0.2) is 0 Å². The lowest BCUT2D eigenvalue weighted by molar-refractivity contribution is 1.53. The van der Waals surface area contributed by atoms with Crippen LogP contribution in [0, 0.1) is 0 Å². The minimum Gasteiger partial charge on any atom is -0.182 e. The molecule has 0 spiro atoms. The summed E-state index contributed by atoms with van der Waals surface area (Å²) in [6.45, 7) is 0. The van der Waals surface area contributed by atoms with Crippen LogP contribution in [-0.4, -0.2) is 8.75 Å². The van der Waals surface area contributed by atoms with Crippen LogP contribution in [0.2, 0.25) is 0 Å². The van der Waals surface area contributed by atoms with Gasteiger partial charge in [-0.25, -0.2) is 0 Å². The Morgan fingerprint density at radius 2 is 1.67 bits per heavy atom. The molecule has 4 heteroatoms. The van der Waals surface area contributed by atoms with Gasteiger partial charge in [0.2, 0.25) is 0 Å². The number of halogens is 1. The second-order valence-electron chi connectivity index (χ2n) is 0.591. The monoisotopic (exact) mass is 122 g/mol. The number of nitrogens with zero attached hydrogens (tertiary/aromatic N) is 2. The fourth-order valence-corrected chi connectivity index (χ4v) is 0.408. The molecule has 0 atom stereocenters. The highest BCUT2D eigenvalue weighted by atomic mass is 35.5. The highest BCUT2D eigenvalue weighted by Crippen LogP contribution is 1.74.